The van der Waals surface area contributed by atoms with Gasteiger partial charge in [0.1, 0.15) is 18.4 Å². The Hall–Kier alpha value is -1.96. The first-order chi connectivity index (χ1) is 14.1. The van der Waals surface area contributed by atoms with Gasteiger partial charge >= 0.3 is 0 Å². The lowest BCUT2D eigenvalue weighted by Gasteiger charge is -2.41. The highest BCUT2D eigenvalue weighted by molar-refractivity contribution is 5.37. The van der Waals surface area contributed by atoms with Crippen molar-refractivity contribution in [2.24, 2.45) is 5.92 Å². The van der Waals surface area contributed by atoms with Crippen LogP contribution in [0.1, 0.15) is 37.8 Å². The first kappa shape index (κ1) is 21.7. The first-order valence-electron chi connectivity index (χ1n) is 10.6. The van der Waals surface area contributed by atoms with Gasteiger partial charge in [-0.2, -0.15) is 5.10 Å². The third-order valence-electron chi connectivity index (χ3n) is 5.69. The molecule has 1 N–H and O–H groups in total. The van der Waals surface area contributed by atoms with Crippen LogP contribution in [0.25, 0.3) is 0 Å². The summed E-state index contributed by atoms with van der Waals surface area (Å²) in [5.41, 5.74) is 2.39. The van der Waals surface area contributed by atoms with Crippen molar-refractivity contribution in [3.8, 4) is 5.75 Å². The van der Waals surface area contributed by atoms with Crippen molar-refractivity contribution in [1.29, 1.82) is 0 Å². The third-order valence-corrected chi connectivity index (χ3v) is 5.69. The maximum Gasteiger partial charge on any atom is 0.137 e. The zero-order valence-corrected chi connectivity index (χ0v) is 18.0. The van der Waals surface area contributed by atoms with E-state index < -0.39 is 0 Å². The summed E-state index contributed by atoms with van der Waals surface area (Å²) in [6.45, 7) is 10.6. The fraction of sp³-hybridized carbons (Fsp3) is 0.636. The maximum atomic E-state index is 9.53. The molecule has 1 aromatic carbocycles. The van der Waals surface area contributed by atoms with Crippen LogP contribution in [0.2, 0.25) is 0 Å². The van der Waals surface area contributed by atoms with E-state index in [1.165, 1.54) is 12.0 Å². The van der Waals surface area contributed by atoms with E-state index in [2.05, 4.69) is 45.9 Å². The minimum atomic E-state index is 0.251. The Labute approximate surface area is 174 Å². The molecule has 0 saturated carbocycles. The second kappa shape index (κ2) is 10.7. The molecular weight excluding hydrogens is 366 g/mol. The van der Waals surface area contributed by atoms with E-state index in [4.69, 9.17) is 4.74 Å². The molecule has 0 spiro atoms. The largest absolute Gasteiger partial charge is 0.496 e. The van der Waals surface area contributed by atoms with Crippen LogP contribution in [0.5, 0.6) is 5.75 Å². The minimum Gasteiger partial charge on any atom is -0.496 e. The SMILES string of the molecule is COc1ccc(CN2CCN(CCC(C)C)[C@@H](CCO)C2)cc1Cn1cncn1. The zero-order chi connectivity index (χ0) is 20.6. The Kier molecular flexibility index (Phi) is 8.03. The molecular formula is C22H35N5O2. The molecule has 1 saturated heterocycles. The van der Waals surface area contributed by atoms with Gasteiger partial charge in [-0.15, -0.1) is 0 Å². The van der Waals surface area contributed by atoms with Gasteiger partial charge in [0.15, 0.2) is 0 Å². The first-order valence-corrected chi connectivity index (χ1v) is 10.6. The molecule has 1 aromatic heterocycles. The van der Waals surface area contributed by atoms with Gasteiger partial charge in [-0.3, -0.25) is 9.80 Å². The number of benzene rings is 1. The average molecular weight is 402 g/mol. The van der Waals surface area contributed by atoms with Crippen molar-refractivity contribution in [1.82, 2.24) is 24.6 Å². The molecule has 7 heteroatoms. The monoisotopic (exact) mass is 401 g/mol. The van der Waals surface area contributed by atoms with Crippen LogP contribution in [-0.4, -0.2) is 75.6 Å². The van der Waals surface area contributed by atoms with E-state index >= 15 is 0 Å². The lowest BCUT2D eigenvalue weighted by Crippen LogP contribution is -2.53. The van der Waals surface area contributed by atoms with Crippen LogP contribution in [0.15, 0.2) is 30.9 Å². The molecule has 0 aliphatic carbocycles. The van der Waals surface area contributed by atoms with Crippen molar-refractivity contribution >= 4 is 0 Å². The smallest absolute Gasteiger partial charge is 0.137 e. The Bertz CT molecular complexity index is 735. The van der Waals surface area contributed by atoms with Gasteiger partial charge in [0.2, 0.25) is 0 Å². The summed E-state index contributed by atoms with van der Waals surface area (Å²) in [4.78, 5) is 9.10. The molecule has 29 heavy (non-hydrogen) atoms. The van der Waals surface area contributed by atoms with E-state index in [-0.39, 0.29) is 6.61 Å². The highest BCUT2D eigenvalue weighted by Gasteiger charge is 2.26. The van der Waals surface area contributed by atoms with Crippen LogP contribution in [0.3, 0.4) is 0 Å². The standard InChI is InChI=1S/C22H35N5O2/c1-18(2)6-8-26-10-9-25(15-21(26)7-11-28)13-19-4-5-22(29-3)20(12-19)14-27-17-23-16-24-27/h4-5,12,16-18,21,28H,6-11,13-15H2,1-3H3/t21-/m0/s1. The molecule has 3 rings (SSSR count). The number of methoxy groups -OCH3 is 1. The maximum absolute atomic E-state index is 9.53. The number of hydrogen-bond donors (Lipinski definition) is 1. The Morgan fingerprint density at radius 3 is 2.79 bits per heavy atom. The van der Waals surface area contributed by atoms with Gasteiger partial charge in [-0.05, 0) is 43.0 Å². The number of hydrogen-bond acceptors (Lipinski definition) is 6. The third kappa shape index (κ3) is 6.26. The van der Waals surface area contributed by atoms with E-state index in [1.807, 2.05) is 10.7 Å². The Morgan fingerprint density at radius 2 is 2.10 bits per heavy atom. The topological polar surface area (TPSA) is 66.7 Å². The van der Waals surface area contributed by atoms with Crippen LogP contribution < -0.4 is 4.74 Å². The lowest BCUT2D eigenvalue weighted by molar-refractivity contribution is 0.0524. The molecule has 1 atom stereocenters. The molecule has 1 aliphatic heterocycles. The van der Waals surface area contributed by atoms with Crippen LogP contribution in [0.4, 0.5) is 0 Å². The van der Waals surface area contributed by atoms with E-state index in [9.17, 15) is 5.11 Å². The van der Waals surface area contributed by atoms with E-state index in [0.717, 1.165) is 50.5 Å². The van der Waals surface area contributed by atoms with Gasteiger partial charge in [-0.25, -0.2) is 9.67 Å². The Balaban J connectivity index is 1.64. The number of rotatable bonds is 10. The fourth-order valence-corrected chi connectivity index (χ4v) is 4.04. The van der Waals surface area contributed by atoms with E-state index in [0.29, 0.717) is 18.5 Å². The molecule has 0 unspecified atom stereocenters. The fourth-order valence-electron chi connectivity index (χ4n) is 4.04. The second-order valence-corrected chi connectivity index (χ2v) is 8.36. The van der Waals surface area contributed by atoms with Gasteiger partial charge in [0.05, 0.1) is 13.7 Å². The summed E-state index contributed by atoms with van der Waals surface area (Å²) in [5.74, 6) is 1.59. The summed E-state index contributed by atoms with van der Waals surface area (Å²) in [6, 6.07) is 6.84. The molecule has 0 radical (unpaired) electrons. The zero-order valence-electron chi connectivity index (χ0n) is 18.0. The van der Waals surface area contributed by atoms with Gasteiger partial charge < -0.3 is 9.84 Å². The van der Waals surface area contributed by atoms with Crippen LogP contribution in [0, 0.1) is 5.92 Å². The lowest BCUT2D eigenvalue weighted by atomic mass is 10.0. The Morgan fingerprint density at radius 1 is 1.24 bits per heavy atom. The number of nitrogens with zero attached hydrogens (tertiary/aromatic N) is 5. The summed E-state index contributed by atoms with van der Waals surface area (Å²) in [7, 11) is 1.70. The average Bonchev–Trinajstić information content (AvgIpc) is 3.21. The predicted octanol–water partition coefficient (Wildman–Crippen LogP) is 2.25. The summed E-state index contributed by atoms with van der Waals surface area (Å²) in [6.07, 6.45) is 5.33. The van der Waals surface area contributed by atoms with Crippen molar-refractivity contribution in [3.63, 3.8) is 0 Å². The van der Waals surface area contributed by atoms with Crippen molar-refractivity contribution in [3.05, 3.63) is 42.0 Å². The van der Waals surface area contributed by atoms with E-state index in [1.54, 1.807) is 19.8 Å². The molecule has 0 bridgehead atoms. The van der Waals surface area contributed by atoms with Gasteiger partial charge in [0, 0.05) is 44.4 Å². The molecule has 2 heterocycles. The summed E-state index contributed by atoms with van der Waals surface area (Å²) in [5, 5.41) is 13.7. The quantitative estimate of drug-likeness (QED) is 0.659. The minimum absolute atomic E-state index is 0.251. The predicted molar refractivity (Wildman–Crippen MR) is 114 cm³/mol. The molecule has 1 aliphatic rings. The van der Waals surface area contributed by atoms with Crippen molar-refractivity contribution < 1.29 is 9.84 Å². The molecule has 1 fully saturated rings. The normalized spacial score (nSPS) is 18.4. The number of piperazine rings is 1. The molecule has 0 amide bonds. The van der Waals surface area contributed by atoms with Crippen LogP contribution in [-0.2, 0) is 13.1 Å². The van der Waals surface area contributed by atoms with Crippen molar-refractivity contribution in [2.45, 2.75) is 45.8 Å². The van der Waals surface area contributed by atoms with Crippen LogP contribution >= 0.6 is 0 Å². The highest BCUT2D eigenvalue weighted by Crippen LogP contribution is 2.23. The highest BCUT2D eigenvalue weighted by atomic mass is 16.5. The molecule has 160 valence electrons. The molecule has 7 nitrogen and oxygen atoms in total. The number of aliphatic hydroxyl groups excluding tert-OH is 1. The summed E-state index contributed by atoms with van der Waals surface area (Å²) >= 11 is 0. The molecule has 2 aromatic rings. The number of ether oxygens (including phenoxy) is 1. The second-order valence-electron chi connectivity index (χ2n) is 8.36. The van der Waals surface area contributed by atoms with Gasteiger partial charge in [0.25, 0.3) is 0 Å². The number of aromatic nitrogens is 3. The number of aliphatic hydroxyl groups is 1. The van der Waals surface area contributed by atoms with Gasteiger partial charge in [-0.1, -0.05) is 19.9 Å². The summed E-state index contributed by atoms with van der Waals surface area (Å²) < 4.78 is 7.35. The van der Waals surface area contributed by atoms with Crippen molar-refractivity contribution in [2.75, 3.05) is 39.9 Å².